The lowest BCUT2D eigenvalue weighted by Crippen LogP contribution is -2.27. The lowest BCUT2D eigenvalue weighted by Gasteiger charge is -2.24. The van der Waals surface area contributed by atoms with Crippen LogP contribution in [-0.4, -0.2) is 28.3 Å². The molecule has 3 N–H and O–H groups in total. The van der Waals surface area contributed by atoms with Crippen molar-refractivity contribution in [2.45, 2.75) is 25.8 Å². The molecule has 3 nitrogen and oxygen atoms in total. The minimum absolute atomic E-state index is 0.118. The molecular formula is C14H21NO2S. The van der Waals surface area contributed by atoms with Gasteiger partial charge < -0.3 is 15.5 Å². The highest BCUT2D eigenvalue weighted by Gasteiger charge is 2.15. The van der Waals surface area contributed by atoms with E-state index in [4.69, 9.17) is 0 Å². The summed E-state index contributed by atoms with van der Waals surface area (Å²) in [6.07, 6.45) is 2.57. The number of thioether (sulfide) groups is 1. The number of rotatable bonds is 4. The molecule has 18 heavy (non-hydrogen) atoms. The second-order valence-corrected chi connectivity index (χ2v) is 6.19. The molecule has 0 aliphatic carbocycles. The normalized spacial score (nSPS) is 18.7. The molecule has 100 valence electrons. The summed E-state index contributed by atoms with van der Waals surface area (Å²) >= 11 is 2.04. The Morgan fingerprint density at radius 2 is 1.83 bits per heavy atom. The molecule has 4 heteroatoms. The summed E-state index contributed by atoms with van der Waals surface area (Å²) < 4.78 is 0. The second kappa shape index (κ2) is 6.34. The Morgan fingerprint density at radius 1 is 1.22 bits per heavy atom. The Kier molecular flexibility index (Phi) is 4.78. The first-order valence-corrected chi connectivity index (χ1v) is 7.64. The van der Waals surface area contributed by atoms with E-state index in [9.17, 15) is 10.2 Å². The smallest absolute Gasteiger partial charge is 0.119 e. The summed E-state index contributed by atoms with van der Waals surface area (Å²) in [7, 11) is 0. The van der Waals surface area contributed by atoms with E-state index in [0.717, 1.165) is 18.0 Å². The van der Waals surface area contributed by atoms with Crippen molar-refractivity contribution in [3.05, 3.63) is 23.8 Å². The molecule has 2 rings (SSSR count). The average Bonchev–Trinajstić information content (AvgIpc) is 2.36. The van der Waals surface area contributed by atoms with E-state index in [1.54, 1.807) is 12.1 Å². The van der Waals surface area contributed by atoms with Crippen LogP contribution in [0, 0.1) is 5.92 Å². The zero-order valence-electron chi connectivity index (χ0n) is 10.7. The van der Waals surface area contributed by atoms with Crippen LogP contribution in [-0.2, 0) is 0 Å². The number of hydrogen-bond donors (Lipinski definition) is 3. The highest BCUT2D eigenvalue weighted by atomic mass is 32.2. The van der Waals surface area contributed by atoms with Gasteiger partial charge in [-0.2, -0.15) is 11.8 Å². The van der Waals surface area contributed by atoms with Crippen LogP contribution in [0.1, 0.15) is 31.4 Å². The number of benzene rings is 1. The largest absolute Gasteiger partial charge is 0.508 e. The minimum Gasteiger partial charge on any atom is -0.508 e. The molecule has 1 heterocycles. The fourth-order valence-corrected chi connectivity index (χ4v) is 3.48. The van der Waals surface area contributed by atoms with Crippen molar-refractivity contribution in [3.8, 4) is 11.5 Å². The summed E-state index contributed by atoms with van der Waals surface area (Å²) in [4.78, 5) is 0. The molecule has 0 spiro atoms. The van der Waals surface area contributed by atoms with Gasteiger partial charge in [-0.3, -0.25) is 0 Å². The van der Waals surface area contributed by atoms with Gasteiger partial charge in [0.15, 0.2) is 0 Å². The van der Waals surface area contributed by atoms with Crippen LogP contribution in [0.5, 0.6) is 11.5 Å². The van der Waals surface area contributed by atoms with Crippen LogP contribution < -0.4 is 5.32 Å². The zero-order valence-corrected chi connectivity index (χ0v) is 11.5. The standard InChI is InChI=1S/C14H21NO2S/c1-10(12-6-13(16)8-14(17)7-12)15-9-11-2-4-18-5-3-11/h6-8,10-11,15-17H,2-5,9H2,1H3. The molecule has 1 aromatic rings. The molecule has 1 unspecified atom stereocenters. The van der Waals surface area contributed by atoms with E-state index in [1.165, 1.54) is 30.4 Å². The lowest BCUT2D eigenvalue weighted by molar-refractivity contribution is 0.416. The van der Waals surface area contributed by atoms with Crippen LogP contribution >= 0.6 is 11.8 Å². The van der Waals surface area contributed by atoms with Crippen LogP contribution in [0.15, 0.2) is 18.2 Å². The highest BCUT2D eigenvalue weighted by Crippen LogP contribution is 2.26. The quantitative estimate of drug-likeness (QED) is 0.785. The molecule has 1 fully saturated rings. The molecule has 0 bridgehead atoms. The van der Waals surface area contributed by atoms with Crippen molar-refractivity contribution in [1.82, 2.24) is 5.32 Å². The van der Waals surface area contributed by atoms with Gasteiger partial charge in [0.1, 0.15) is 11.5 Å². The van der Waals surface area contributed by atoms with E-state index in [-0.39, 0.29) is 17.5 Å². The first-order valence-electron chi connectivity index (χ1n) is 6.49. The summed E-state index contributed by atoms with van der Waals surface area (Å²) in [6.45, 7) is 3.07. The number of phenols is 2. The fourth-order valence-electron chi connectivity index (χ4n) is 2.28. The Bertz CT molecular complexity index is 371. The van der Waals surface area contributed by atoms with Crippen molar-refractivity contribution in [1.29, 1.82) is 0 Å². The van der Waals surface area contributed by atoms with Crippen LogP contribution in [0.3, 0.4) is 0 Å². The van der Waals surface area contributed by atoms with E-state index in [0.29, 0.717) is 0 Å². The second-order valence-electron chi connectivity index (χ2n) is 4.97. The van der Waals surface area contributed by atoms with Gasteiger partial charge >= 0.3 is 0 Å². The fraction of sp³-hybridized carbons (Fsp3) is 0.571. The van der Waals surface area contributed by atoms with Crippen LogP contribution in [0.25, 0.3) is 0 Å². The SMILES string of the molecule is CC(NCC1CCSCC1)c1cc(O)cc(O)c1. The summed E-state index contributed by atoms with van der Waals surface area (Å²) in [6, 6.07) is 4.91. The summed E-state index contributed by atoms with van der Waals surface area (Å²) in [5.74, 6) is 3.54. The average molecular weight is 267 g/mol. The molecule has 1 atom stereocenters. The van der Waals surface area contributed by atoms with Crippen LogP contribution in [0.2, 0.25) is 0 Å². The van der Waals surface area contributed by atoms with Gasteiger partial charge in [-0.25, -0.2) is 0 Å². The topological polar surface area (TPSA) is 52.5 Å². The molecule has 0 saturated carbocycles. The van der Waals surface area contributed by atoms with Gasteiger partial charge in [0.2, 0.25) is 0 Å². The first-order chi connectivity index (χ1) is 8.65. The third-order valence-electron chi connectivity index (χ3n) is 3.48. The Balaban J connectivity index is 1.88. The van der Waals surface area contributed by atoms with Crippen molar-refractivity contribution in [2.75, 3.05) is 18.1 Å². The molecule has 1 aromatic carbocycles. The van der Waals surface area contributed by atoms with Gasteiger partial charge in [0.25, 0.3) is 0 Å². The maximum absolute atomic E-state index is 9.47. The lowest BCUT2D eigenvalue weighted by atomic mass is 10.0. The Morgan fingerprint density at radius 3 is 2.44 bits per heavy atom. The van der Waals surface area contributed by atoms with E-state index >= 15 is 0 Å². The Hall–Kier alpha value is -0.870. The third kappa shape index (κ3) is 3.82. The molecule has 1 saturated heterocycles. The predicted octanol–water partition coefficient (Wildman–Crippen LogP) is 2.89. The Labute approximate surface area is 113 Å². The maximum atomic E-state index is 9.47. The van der Waals surface area contributed by atoms with E-state index in [2.05, 4.69) is 12.2 Å². The van der Waals surface area contributed by atoms with Gasteiger partial charge in [0.05, 0.1) is 0 Å². The molecular weight excluding hydrogens is 246 g/mol. The van der Waals surface area contributed by atoms with Gasteiger partial charge in [-0.05, 0) is 61.4 Å². The molecule has 1 aliphatic rings. The highest BCUT2D eigenvalue weighted by molar-refractivity contribution is 7.99. The monoisotopic (exact) mass is 267 g/mol. The van der Waals surface area contributed by atoms with Gasteiger partial charge in [0, 0.05) is 12.1 Å². The predicted molar refractivity (Wildman–Crippen MR) is 76.2 cm³/mol. The third-order valence-corrected chi connectivity index (χ3v) is 4.53. The number of nitrogens with one attached hydrogen (secondary N) is 1. The van der Waals surface area contributed by atoms with Crippen molar-refractivity contribution < 1.29 is 10.2 Å². The molecule has 0 radical (unpaired) electrons. The van der Waals surface area contributed by atoms with Crippen LogP contribution in [0.4, 0.5) is 0 Å². The summed E-state index contributed by atoms with van der Waals surface area (Å²) in [5, 5.41) is 22.4. The van der Waals surface area contributed by atoms with Crippen molar-refractivity contribution in [2.24, 2.45) is 5.92 Å². The molecule has 0 aromatic heterocycles. The zero-order chi connectivity index (χ0) is 13.0. The number of phenolic OH excluding ortho intramolecular Hbond substituents is 2. The van der Waals surface area contributed by atoms with Crippen molar-refractivity contribution in [3.63, 3.8) is 0 Å². The number of aromatic hydroxyl groups is 2. The minimum atomic E-state index is 0.118. The number of hydrogen-bond acceptors (Lipinski definition) is 4. The summed E-state index contributed by atoms with van der Waals surface area (Å²) in [5.41, 5.74) is 0.928. The van der Waals surface area contributed by atoms with Gasteiger partial charge in [-0.1, -0.05) is 0 Å². The van der Waals surface area contributed by atoms with E-state index in [1.807, 2.05) is 11.8 Å². The molecule has 1 aliphatic heterocycles. The van der Waals surface area contributed by atoms with Gasteiger partial charge in [-0.15, -0.1) is 0 Å². The maximum Gasteiger partial charge on any atom is 0.119 e. The first kappa shape index (κ1) is 13.6. The van der Waals surface area contributed by atoms with E-state index < -0.39 is 0 Å². The van der Waals surface area contributed by atoms with Crippen molar-refractivity contribution >= 4 is 11.8 Å². The molecule has 0 amide bonds.